The largest absolute Gasteiger partial charge is 0.497 e. The molecule has 1 fully saturated rings. The molecule has 1 amide bonds. The van der Waals surface area contributed by atoms with E-state index in [1.54, 1.807) is 7.11 Å². The topological polar surface area (TPSA) is 80.5 Å². The number of rotatable bonds is 7. The summed E-state index contributed by atoms with van der Waals surface area (Å²) in [5.41, 5.74) is 2.66. The number of methoxy groups -OCH3 is 1. The fourth-order valence-corrected chi connectivity index (χ4v) is 3.89. The quantitative estimate of drug-likeness (QED) is 0.624. The first-order chi connectivity index (χ1) is 15.1. The van der Waals surface area contributed by atoms with Gasteiger partial charge in [-0.25, -0.2) is 0 Å². The summed E-state index contributed by atoms with van der Waals surface area (Å²) in [6.45, 7) is 5.71. The van der Waals surface area contributed by atoms with Gasteiger partial charge in [0.2, 0.25) is 11.7 Å². The lowest BCUT2D eigenvalue weighted by Crippen LogP contribution is -2.33. The number of carbonyl (C=O) groups excluding carboxylic acids is 1. The summed E-state index contributed by atoms with van der Waals surface area (Å²) in [5, 5.41) is 6.82. The van der Waals surface area contributed by atoms with Crippen LogP contribution in [0.5, 0.6) is 5.75 Å². The average Bonchev–Trinajstić information content (AvgIpc) is 3.27. The van der Waals surface area contributed by atoms with Gasteiger partial charge in [0.15, 0.2) is 0 Å². The van der Waals surface area contributed by atoms with E-state index in [1.165, 1.54) is 18.4 Å². The number of piperidine rings is 1. The molecule has 0 radical (unpaired) electrons. The van der Waals surface area contributed by atoms with Crippen LogP contribution in [-0.2, 0) is 13.1 Å². The highest BCUT2D eigenvalue weighted by Gasteiger charge is 2.16. The number of amides is 1. The lowest BCUT2D eigenvalue weighted by molar-refractivity contribution is 0.0946. The van der Waals surface area contributed by atoms with Gasteiger partial charge in [0.25, 0.3) is 5.91 Å². The molecule has 0 saturated carbocycles. The first-order valence-corrected chi connectivity index (χ1v) is 10.7. The molecule has 0 unspecified atom stereocenters. The van der Waals surface area contributed by atoms with E-state index >= 15 is 0 Å². The van der Waals surface area contributed by atoms with E-state index in [0.717, 1.165) is 36.9 Å². The van der Waals surface area contributed by atoms with E-state index in [4.69, 9.17) is 9.26 Å². The monoisotopic (exact) mass is 420 g/mol. The molecule has 31 heavy (non-hydrogen) atoms. The van der Waals surface area contributed by atoms with Crippen LogP contribution in [0.15, 0.2) is 53.1 Å². The number of ether oxygens (including phenoxy) is 1. The minimum Gasteiger partial charge on any atom is -0.497 e. The van der Waals surface area contributed by atoms with Crippen molar-refractivity contribution >= 4 is 5.91 Å². The van der Waals surface area contributed by atoms with Crippen LogP contribution in [0.1, 0.15) is 41.6 Å². The van der Waals surface area contributed by atoms with Gasteiger partial charge in [0.1, 0.15) is 5.75 Å². The zero-order valence-corrected chi connectivity index (χ0v) is 18.0. The van der Waals surface area contributed by atoms with E-state index < -0.39 is 0 Å². The first-order valence-electron chi connectivity index (χ1n) is 10.7. The molecule has 1 atom stereocenters. The molecule has 0 bridgehead atoms. The normalized spacial score (nSPS) is 16.8. The highest BCUT2D eigenvalue weighted by atomic mass is 16.5. The third kappa shape index (κ3) is 5.49. The number of nitrogens with one attached hydrogen (secondary N) is 1. The van der Waals surface area contributed by atoms with Gasteiger partial charge in [0.05, 0.1) is 13.7 Å². The Bertz CT molecular complexity index is 998. The summed E-state index contributed by atoms with van der Waals surface area (Å²) in [7, 11) is 1.62. The number of benzene rings is 2. The number of hydrogen-bond donors (Lipinski definition) is 1. The van der Waals surface area contributed by atoms with Gasteiger partial charge in [-0.15, -0.1) is 0 Å². The molecule has 1 aliphatic heterocycles. The number of hydrogen-bond acceptors (Lipinski definition) is 6. The van der Waals surface area contributed by atoms with Gasteiger partial charge >= 0.3 is 0 Å². The molecule has 3 aromatic rings. The van der Waals surface area contributed by atoms with Crippen molar-refractivity contribution < 1.29 is 14.1 Å². The van der Waals surface area contributed by atoms with Gasteiger partial charge in [-0.05, 0) is 67.3 Å². The third-order valence-electron chi connectivity index (χ3n) is 5.58. The number of carbonyl (C=O) groups is 1. The number of nitrogens with zero attached hydrogens (tertiary/aromatic N) is 3. The van der Waals surface area contributed by atoms with Gasteiger partial charge in [-0.1, -0.05) is 24.2 Å². The molecule has 2 aromatic carbocycles. The lowest BCUT2D eigenvalue weighted by atomic mass is 9.99. The van der Waals surface area contributed by atoms with Crippen LogP contribution in [0.3, 0.4) is 0 Å². The second-order valence-corrected chi connectivity index (χ2v) is 8.10. The summed E-state index contributed by atoms with van der Waals surface area (Å²) in [6, 6.07) is 15.2. The molecule has 1 saturated heterocycles. The molecule has 2 heterocycles. The summed E-state index contributed by atoms with van der Waals surface area (Å²) in [4.78, 5) is 19.3. The Labute approximate surface area is 182 Å². The fourth-order valence-electron chi connectivity index (χ4n) is 3.89. The Morgan fingerprint density at radius 3 is 2.68 bits per heavy atom. The minimum absolute atomic E-state index is 0.164. The predicted molar refractivity (Wildman–Crippen MR) is 118 cm³/mol. The van der Waals surface area contributed by atoms with Crippen molar-refractivity contribution in [3.05, 3.63) is 65.5 Å². The number of aromatic nitrogens is 2. The molecular weight excluding hydrogens is 392 g/mol. The molecule has 162 valence electrons. The van der Waals surface area contributed by atoms with Crippen molar-refractivity contribution in [2.24, 2.45) is 5.92 Å². The average molecular weight is 421 g/mol. The van der Waals surface area contributed by atoms with E-state index in [-0.39, 0.29) is 12.5 Å². The van der Waals surface area contributed by atoms with Gasteiger partial charge in [0, 0.05) is 24.2 Å². The molecule has 1 aromatic heterocycles. The fraction of sp³-hybridized carbons (Fsp3) is 0.375. The molecular formula is C24H28N4O3. The first kappa shape index (κ1) is 21.1. The Kier molecular flexibility index (Phi) is 6.62. The maximum absolute atomic E-state index is 12.5. The summed E-state index contributed by atoms with van der Waals surface area (Å²) in [6.07, 6.45) is 2.58. The van der Waals surface area contributed by atoms with Crippen LogP contribution in [0.25, 0.3) is 11.4 Å². The Balaban J connectivity index is 1.30. The molecule has 1 aliphatic rings. The second kappa shape index (κ2) is 9.75. The van der Waals surface area contributed by atoms with Crippen molar-refractivity contribution in [1.29, 1.82) is 0 Å². The van der Waals surface area contributed by atoms with E-state index in [1.807, 2.05) is 48.5 Å². The Morgan fingerprint density at radius 2 is 1.97 bits per heavy atom. The predicted octanol–water partition coefficient (Wildman–Crippen LogP) is 3.91. The lowest BCUT2D eigenvalue weighted by Gasteiger charge is -2.30. The SMILES string of the molecule is COc1ccc(-c2noc(CNC(=O)c3ccc(CN4CCC[C@H](C)C4)cc3)n2)cc1. The van der Waals surface area contributed by atoms with E-state index in [2.05, 4.69) is 27.3 Å². The Hall–Kier alpha value is -3.19. The zero-order valence-electron chi connectivity index (χ0n) is 18.0. The summed E-state index contributed by atoms with van der Waals surface area (Å²) in [5.74, 6) is 2.19. The zero-order chi connectivity index (χ0) is 21.6. The molecule has 1 N–H and O–H groups in total. The van der Waals surface area contributed by atoms with Crippen LogP contribution in [0, 0.1) is 5.92 Å². The molecule has 0 spiro atoms. The van der Waals surface area contributed by atoms with Crippen LogP contribution >= 0.6 is 0 Å². The molecule has 4 rings (SSSR count). The van der Waals surface area contributed by atoms with Crippen molar-refractivity contribution in [2.75, 3.05) is 20.2 Å². The summed E-state index contributed by atoms with van der Waals surface area (Å²) >= 11 is 0. The maximum atomic E-state index is 12.5. The molecule has 7 heteroatoms. The Morgan fingerprint density at radius 1 is 1.19 bits per heavy atom. The van der Waals surface area contributed by atoms with Gasteiger partial charge in [-0.2, -0.15) is 4.98 Å². The smallest absolute Gasteiger partial charge is 0.251 e. The van der Waals surface area contributed by atoms with Crippen LogP contribution < -0.4 is 10.1 Å². The van der Waals surface area contributed by atoms with Gasteiger partial charge in [-0.3, -0.25) is 9.69 Å². The van der Waals surface area contributed by atoms with E-state index in [0.29, 0.717) is 17.3 Å². The highest BCUT2D eigenvalue weighted by Crippen LogP contribution is 2.20. The molecule has 0 aliphatic carbocycles. The second-order valence-electron chi connectivity index (χ2n) is 8.10. The summed E-state index contributed by atoms with van der Waals surface area (Å²) < 4.78 is 10.4. The van der Waals surface area contributed by atoms with Crippen molar-refractivity contribution in [1.82, 2.24) is 20.4 Å². The van der Waals surface area contributed by atoms with Crippen LogP contribution in [0.4, 0.5) is 0 Å². The highest BCUT2D eigenvalue weighted by molar-refractivity contribution is 5.94. The van der Waals surface area contributed by atoms with E-state index in [9.17, 15) is 4.79 Å². The van der Waals surface area contributed by atoms with Crippen molar-refractivity contribution in [3.8, 4) is 17.1 Å². The number of likely N-dealkylation sites (tertiary alicyclic amines) is 1. The standard InChI is InChI=1S/C24H28N4O3/c1-17-4-3-13-28(15-17)16-18-5-7-20(8-6-18)24(29)25-14-22-26-23(27-31-22)19-9-11-21(30-2)12-10-19/h5-12,17H,3-4,13-16H2,1-2H3,(H,25,29)/t17-/m0/s1. The molecule has 7 nitrogen and oxygen atoms in total. The maximum Gasteiger partial charge on any atom is 0.251 e. The minimum atomic E-state index is -0.164. The van der Waals surface area contributed by atoms with Crippen LogP contribution in [0.2, 0.25) is 0 Å². The van der Waals surface area contributed by atoms with Crippen LogP contribution in [-0.4, -0.2) is 41.1 Å². The van der Waals surface area contributed by atoms with Crippen molar-refractivity contribution in [2.45, 2.75) is 32.9 Å². The third-order valence-corrected chi connectivity index (χ3v) is 5.58. The van der Waals surface area contributed by atoms with Gasteiger partial charge < -0.3 is 14.6 Å². The van der Waals surface area contributed by atoms with Crippen molar-refractivity contribution in [3.63, 3.8) is 0 Å².